The molecule has 1 unspecified atom stereocenters. The molecule has 1 atom stereocenters. The van der Waals surface area contributed by atoms with E-state index in [0.717, 1.165) is 16.5 Å². The molecule has 0 spiro atoms. The Morgan fingerprint density at radius 1 is 1.50 bits per heavy atom. The Labute approximate surface area is 103 Å². The maximum absolute atomic E-state index is 11.5. The van der Waals surface area contributed by atoms with E-state index in [9.17, 15) is 4.79 Å². The monoisotopic (exact) mass is 280 g/mol. The molecule has 0 amide bonds. The lowest BCUT2D eigenvalue weighted by Crippen LogP contribution is -2.32. The maximum atomic E-state index is 11.5. The fraction of sp³-hybridized carbons (Fsp3) is 0.308. The first-order valence-electron chi connectivity index (χ1n) is 5.29. The van der Waals surface area contributed by atoms with Gasteiger partial charge in [0.25, 0.3) is 0 Å². The maximum Gasteiger partial charge on any atom is 0.163 e. The van der Waals surface area contributed by atoms with E-state index in [2.05, 4.69) is 15.9 Å². The average molecular weight is 281 g/mol. The summed E-state index contributed by atoms with van der Waals surface area (Å²) >= 11 is 3.44. The van der Waals surface area contributed by atoms with Gasteiger partial charge in [0.2, 0.25) is 0 Å². The van der Waals surface area contributed by atoms with Crippen LogP contribution in [0.4, 0.5) is 0 Å². The van der Waals surface area contributed by atoms with Gasteiger partial charge in [0.15, 0.2) is 5.78 Å². The molecule has 0 aliphatic carbocycles. The van der Waals surface area contributed by atoms with Crippen molar-refractivity contribution in [2.24, 2.45) is 0 Å². The highest BCUT2D eigenvalue weighted by Crippen LogP contribution is 2.37. The van der Waals surface area contributed by atoms with E-state index in [0.29, 0.717) is 6.42 Å². The fourth-order valence-corrected chi connectivity index (χ4v) is 2.38. The quantitative estimate of drug-likeness (QED) is 0.828. The Morgan fingerprint density at radius 2 is 2.31 bits per heavy atom. The van der Waals surface area contributed by atoms with Crippen LogP contribution >= 0.6 is 15.9 Å². The second kappa shape index (κ2) is 4.42. The molecule has 3 heteroatoms. The number of carbonyl (C=O) groups excluding carboxylic acids is 1. The number of ketones is 1. The third-order valence-electron chi connectivity index (χ3n) is 2.93. The molecule has 0 saturated heterocycles. The molecule has 0 radical (unpaired) electrons. The van der Waals surface area contributed by atoms with Crippen LogP contribution in [-0.4, -0.2) is 5.78 Å². The first-order valence-corrected chi connectivity index (χ1v) is 6.09. The van der Waals surface area contributed by atoms with Crippen molar-refractivity contribution < 1.29 is 9.53 Å². The average Bonchev–Trinajstić information content (AvgIpc) is 2.29. The first-order chi connectivity index (χ1) is 7.66. The van der Waals surface area contributed by atoms with Crippen molar-refractivity contribution in [3.05, 3.63) is 46.6 Å². The van der Waals surface area contributed by atoms with Gasteiger partial charge in [-0.3, -0.25) is 4.79 Å². The van der Waals surface area contributed by atoms with Crippen LogP contribution in [0.2, 0.25) is 0 Å². The van der Waals surface area contributed by atoms with Crippen LogP contribution in [0.3, 0.4) is 0 Å². The lowest BCUT2D eigenvalue weighted by atomic mass is 9.85. The Balaban J connectivity index is 2.42. The van der Waals surface area contributed by atoms with E-state index in [4.69, 9.17) is 4.74 Å². The van der Waals surface area contributed by atoms with Crippen molar-refractivity contribution in [1.82, 2.24) is 0 Å². The summed E-state index contributed by atoms with van der Waals surface area (Å²) in [5, 5.41) is 0. The Bertz CT molecular complexity index is 439. The van der Waals surface area contributed by atoms with Gasteiger partial charge >= 0.3 is 0 Å². The number of hydrogen-bond acceptors (Lipinski definition) is 2. The number of halogens is 1. The third kappa shape index (κ3) is 2.05. The zero-order valence-corrected chi connectivity index (χ0v) is 10.7. The summed E-state index contributed by atoms with van der Waals surface area (Å²) in [6.07, 6.45) is 4.19. The van der Waals surface area contributed by atoms with Crippen LogP contribution in [0.15, 0.2) is 41.1 Å². The van der Waals surface area contributed by atoms with Crippen LogP contribution in [-0.2, 0) is 15.1 Å². The van der Waals surface area contributed by atoms with Crippen molar-refractivity contribution in [2.45, 2.75) is 25.4 Å². The molecule has 2 nitrogen and oxygen atoms in total. The smallest absolute Gasteiger partial charge is 0.163 e. The van der Waals surface area contributed by atoms with Crippen LogP contribution in [0.5, 0.6) is 0 Å². The lowest BCUT2D eigenvalue weighted by Gasteiger charge is -2.34. The summed E-state index contributed by atoms with van der Waals surface area (Å²) in [5.74, 6) is 0.119. The third-order valence-corrected chi connectivity index (χ3v) is 3.42. The van der Waals surface area contributed by atoms with Crippen molar-refractivity contribution in [3.8, 4) is 0 Å². The van der Waals surface area contributed by atoms with Gasteiger partial charge < -0.3 is 4.74 Å². The van der Waals surface area contributed by atoms with Crippen molar-refractivity contribution in [3.63, 3.8) is 0 Å². The molecule has 0 aromatic heterocycles. The molecule has 1 aliphatic heterocycles. The molecule has 16 heavy (non-hydrogen) atoms. The van der Waals surface area contributed by atoms with Gasteiger partial charge in [-0.05, 0) is 24.1 Å². The van der Waals surface area contributed by atoms with Gasteiger partial charge in [0.05, 0.1) is 12.7 Å². The number of rotatable bonds is 2. The van der Waals surface area contributed by atoms with Gasteiger partial charge in [-0.15, -0.1) is 0 Å². The van der Waals surface area contributed by atoms with Crippen LogP contribution in [0.25, 0.3) is 0 Å². The van der Waals surface area contributed by atoms with Crippen LogP contribution < -0.4 is 0 Å². The Kier molecular flexibility index (Phi) is 3.15. The largest absolute Gasteiger partial charge is 0.490 e. The number of allylic oxidation sites excluding steroid dienone is 1. The fourth-order valence-electron chi connectivity index (χ4n) is 1.98. The van der Waals surface area contributed by atoms with E-state index in [1.165, 1.54) is 12.3 Å². The van der Waals surface area contributed by atoms with Crippen LogP contribution in [0.1, 0.15) is 25.3 Å². The van der Waals surface area contributed by atoms with E-state index in [1.54, 1.807) is 0 Å². The molecular formula is C13H13BrO2. The summed E-state index contributed by atoms with van der Waals surface area (Å²) in [7, 11) is 0. The Morgan fingerprint density at radius 3 is 2.94 bits per heavy atom. The summed E-state index contributed by atoms with van der Waals surface area (Å²) < 4.78 is 6.71. The molecule has 1 aromatic carbocycles. The molecular weight excluding hydrogens is 268 g/mol. The molecule has 0 N–H and O–H groups in total. The lowest BCUT2D eigenvalue weighted by molar-refractivity contribution is -0.123. The van der Waals surface area contributed by atoms with Crippen molar-refractivity contribution in [1.29, 1.82) is 0 Å². The van der Waals surface area contributed by atoms with Gasteiger partial charge in [0, 0.05) is 10.5 Å². The minimum Gasteiger partial charge on any atom is -0.490 e. The number of hydrogen-bond donors (Lipinski definition) is 0. The molecule has 84 valence electrons. The summed E-state index contributed by atoms with van der Waals surface area (Å²) in [4.78, 5) is 11.5. The minimum atomic E-state index is -0.490. The summed E-state index contributed by atoms with van der Waals surface area (Å²) in [6.45, 7) is 2.04. The standard InChI is InChI=1S/C13H13BrO2/c1-2-13(9-12(15)6-7-16-13)10-4-3-5-11(14)8-10/h3-8H,2,9H2,1H3. The molecule has 1 heterocycles. The molecule has 1 aromatic rings. The van der Waals surface area contributed by atoms with Gasteiger partial charge in [-0.25, -0.2) is 0 Å². The molecule has 0 fully saturated rings. The second-order valence-electron chi connectivity index (χ2n) is 3.92. The van der Waals surface area contributed by atoms with Gasteiger partial charge in [-0.1, -0.05) is 35.0 Å². The van der Waals surface area contributed by atoms with E-state index in [1.807, 2.05) is 31.2 Å². The highest BCUT2D eigenvalue weighted by atomic mass is 79.9. The molecule has 0 bridgehead atoms. The van der Waals surface area contributed by atoms with Crippen molar-refractivity contribution in [2.75, 3.05) is 0 Å². The molecule has 0 saturated carbocycles. The first kappa shape index (κ1) is 11.4. The van der Waals surface area contributed by atoms with Crippen molar-refractivity contribution >= 4 is 21.7 Å². The highest BCUT2D eigenvalue weighted by Gasteiger charge is 2.35. The predicted molar refractivity (Wildman–Crippen MR) is 66.0 cm³/mol. The minimum absolute atomic E-state index is 0.119. The summed E-state index contributed by atoms with van der Waals surface area (Å²) in [6, 6.07) is 7.94. The van der Waals surface area contributed by atoms with Gasteiger partial charge in [-0.2, -0.15) is 0 Å². The number of carbonyl (C=O) groups is 1. The zero-order valence-electron chi connectivity index (χ0n) is 9.07. The summed E-state index contributed by atoms with van der Waals surface area (Å²) in [5.41, 5.74) is 0.553. The van der Waals surface area contributed by atoms with Crippen LogP contribution in [0, 0.1) is 0 Å². The van der Waals surface area contributed by atoms with E-state index in [-0.39, 0.29) is 5.78 Å². The Hall–Kier alpha value is -1.09. The topological polar surface area (TPSA) is 26.3 Å². The normalized spacial score (nSPS) is 24.2. The number of ether oxygens (including phenoxy) is 1. The van der Waals surface area contributed by atoms with E-state index < -0.39 is 5.60 Å². The van der Waals surface area contributed by atoms with E-state index >= 15 is 0 Å². The zero-order chi connectivity index (χ0) is 11.6. The highest BCUT2D eigenvalue weighted by molar-refractivity contribution is 9.10. The number of benzene rings is 1. The second-order valence-corrected chi connectivity index (χ2v) is 4.84. The molecule has 2 rings (SSSR count). The SMILES string of the molecule is CCC1(c2cccc(Br)c2)CC(=O)C=CO1. The molecule has 1 aliphatic rings. The van der Waals surface area contributed by atoms with Gasteiger partial charge in [0.1, 0.15) is 5.60 Å². The predicted octanol–water partition coefficient (Wildman–Crippen LogP) is 3.56.